The van der Waals surface area contributed by atoms with E-state index in [0.717, 1.165) is 11.4 Å². The molecule has 0 N–H and O–H groups in total. The van der Waals surface area contributed by atoms with E-state index in [9.17, 15) is 0 Å². The lowest BCUT2D eigenvalue weighted by atomic mass is 9.65. The van der Waals surface area contributed by atoms with Crippen molar-refractivity contribution < 1.29 is 0 Å². The van der Waals surface area contributed by atoms with Gasteiger partial charge in [-0.15, -0.1) is 11.3 Å². The molecular weight excluding hydrogens is 1050 g/mol. The number of hydrogen-bond acceptors (Lipinski definition) is 2. The second-order valence-corrected chi connectivity index (χ2v) is 26.6. The number of benzene rings is 12. The van der Waals surface area contributed by atoms with Crippen molar-refractivity contribution >= 4 is 48.6 Å². The van der Waals surface area contributed by atoms with Gasteiger partial charge in [0.15, 0.2) is 0 Å². The minimum absolute atomic E-state index is 0.00376. The summed E-state index contributed by atoms with van der Waals surface area (Å²) in [6, 6.07) is 103. The Labute approximate surface area is 510 Å². The van der Waals surface area contributed by atoms with Gasteiger partial charge < -0.3 is 4.90 Å². The van der Waals surface area contributed by atoms with Crippen LogP contribution in [0.3, 0.4) is 0 Å². The van der Waals surface area contributed by atoms with Gasteiger partial charge in [-0.2, -0.15) is 0 Å². The Morgan fingerprint density at radius 1 is 0.360 bits per heavy atom. The normalized spacial score (nSPS) is 15.5. The minimum Gasteiger partial charge on any atom is -0.310 e. The number of fused-ring (bicyclic) bond motifs is 11. The van der Waals surface area contributed by atoms with Crippen LogP contribution in [0, 0.1) is 13.8 Å². The summed E-state index contributed by atoms with van der Waals surface area (Å²) in [6.45, 7) is 11.5. The summed E-state index contributed by atoms with van der Waals surface area (Å²) in [5.41, 5.74) is 29.7. The molecule has 12 aromatic carbocycles. The number of rotatable bonds is 9. The van der Waals surface area contributed by atoms with Gasteiger partial charge in [-0.1, -0.05) is 246 Å². The lowest BCUT2D eigenvalue weighted by Crippen LogP contribution is -2.30. The van der Waals surface area contributed by atoms with Gasteiger partial charge in [-0.3, -0.25) is 0 Å². The molecule has 1 unspecified atom stereocenters. The highest BCUT2D eigenvalue weighted by Crippen LogP contribution is 2.62. The number of hydrogen-bond donors (Lipinski definition) is 0. The van der Waals surface area contributed by atoms with Gasteiger partial charge in [-0.05, 0) is 204 Å². The van der Waals surface area contributed by atoms with Crippen molar-refractivity contribution in [2.45, 2.75) is 76.5 Å². The van der Waals surface area contributed by atoms with Crippen LogP contribution < -0.4 is 4.90 Å². The predicted molar refractivity (Wildman–Crippen MR) is 366 cm³/mol. The Morgan fingerprint density at radius 2 is 0.884 bits per heavy atom. The second-order valence-electron chi connectivity index (χ2n) is 25.6. The average molecular weight is 1120 g/mol. The third-order valence-corrected chi connectivity index (χ3v) is 21.0. The van der Waals surface area contributed by atoms with E-state index >= 15 is 0 Å². The van der Waals surface area contributed by atoms with Gasteiger partial charge in [0.2, 0.25) is 0 Å². The third kappa shape index (κ3) is 8.10. The summed E-state index contributed by atoms with van der Waals surface area (Å²) >= 11 is 1.91. The third-order valence-electron chi connectivity index (χ3n) is 19.7. The van der Waals surface area contributed by atoms with Crippen LogP contribution in [0.5, 0.6) is 0 Å². The van der Waals surface area contributed by atoms with Crippen LogP contribution in [0.2, 0.25) is 0 Å². The van der Waals surface area contributed by atoms with Crippen molar-refractivity contribution in [2.24, 2.45) is 0 Å². The summed E-state index contributed by atoms with van der Waals surface area (Å²) in [6.07, 6.45) is 4.82. The van der Waals surface area contributed by atoms with Gasteiger partial charge in [0.05, 0.1) is 5.41 Å². The molecule has 414 valence electrons. The molecule has 0 radical (unpaired) electrons. The Morgan fingerprint density at radius 3 is 1.58 bits per heavy atom. The molecule has 2 heteroatoms. The zero-order valence-electron chi connectivity index (χ0n) is 49.6. The van der Waals surface area contributed by atoms with Gasteiger partial charge in [0.25, 0.3) is 0 Å². The molecule has 0 amide bonds. The van der Waals surface area contributed by atoms with Gasteiger partial charge in [0.1, 0.15) is 0 Å². The minimum atomic E-state index is -0.774. The van der Waals surface area contributed by atoms with Gasteiger partial charge >= 0.3 is 0 Å². The topological polar surface area (TPSA) is 3.24 Å². The standard InChI is InChI=1S/C84H67NS/c1-54-21-12-13-26-66(54)67-44-41-63(49-55(67)2)85(64-42-45-70-69-27-14-16-31-76(69)83(77(70)52-64)47-18-19-48-83)65-43-46-71-75-51-59(68-29-20-30-73-72-28-15-17-32-79(72)86-81(68)73)50-74(58-24-10-7-11-25-58)80(75)84(78(71)53-65,62-39-37-60(38-40-62)82(3,4)5)61-35-33-57(34-36-61)56-22-8-6-9-23-56/h6-17,20-46,49-53H,18-19,47-48H2,1-5H3. The van der Waals surface area contributed by atoms with Crippen LogP contribution in [0.15, 0.2) is 267 Å². The van der Waals surface area contributed by atoms with E-state index in [1.807, 2.05) is 11.3 Å². The first-order valence-electron chi connectivity index (χ1n) is 30.8. The number of nitrogens with zero attached hydrogens (tertiary/aromatic N) is 1. The molecule has 1 spiro atoms. The smallest absolute Gasteiger partial charge is 0.0720 e. The first kappa shape index (κ1) is 52.2. The molecule has 3 aliphatic carbocycles. The molecule has 0 bridgehead atoms. The highest BCUT2D eigenvalue weighted by Gasteiger charge is 2.49. The van der Waals surface area contributed by atoms with Crippen LogP contribution in [-0.4, -0.2) is 0 Å². The zero-order chi connectivity index (χ0) is 57.9. The van der Waals surface area contributed by atoms with E-state index in [0.29, 0.717) is 0 Å². The van der Waals surface area contributed by atoms with E-state index in [1.165, 1.54) is 168 Å². The van der Waals surface area contributed by atoms with Crippen molar-refractivity contribution in [3.05, 3.63) is 317 Å². The molecule has 1 aromatic heterocycles. The number of aryl methyl sites for hydroxylation is 2. The first-order chi connectivity index (χ1) is 42.1. The SMILES string of the molecule is Cc1ccccc1-c1ccc(N(c2ccc3c(c2)C2(CCCC2)c2ccccc2-3)c2ccc3c(c2)C(c2ccc(-c4ccccc4)cc2)(c2ccc(C(C)(C)C)cc2)c2c(-c4ccccc4)cc(-c4cccc5c4sc4ccccc45)cc2-3)cc1C. The predicted octanol–water partition coefficient (Wildman–Crippen LogP) is 23.3. The maximum absolute atomic E-state index is 2.59. The molecule has 1 heterocycles. The molecule has 1 saturated carbocycles. The van der Waals surface area contributed by atoms with Gasteiger partial charge in [0, 0.05) is 42.6 Å². The van der Waals surface area contributed by atoms with Crippen LogP contribution in [-0.2, 0) is 16.2 Å². The highest BCUT2D eigenvalue weighted by molar-refractivity contribution is 7.26. The maximum atomic E-state index is 2.59. The lowest BCUT2D eigenvalue weighted by molar-refractivity contribution is 0.550. The second kappa shape index (κ2) is 20.2. The first-order valence-corrected chi connectivity index (χ1v) is 31.7. The van der Waals surface area contributed by atoms with Crippen molar-refractivity contribution in [3.8, 4) is 66.8 Å². The molecule has 1 nitrogen and oxygen atoms in total. The Bertz CT molecular complexity index is 4800. The summed E-state index contributed by atoms with van der Waals surface area (Å²) in [5.74, 6) is 0. The average Bonchev–Trinajstić information content (AvgIpc) is 1.52. The molecule has 3 aliphatic rings. The highest BCUT2D eigenvalue weighted by atomic mass is 32.1. The number of anilines is 3. The molecular formula is C84H67NS. The lowest BCUT2D eigenvalue weighted by Gasteiger charge is -2.37. The van der Waals surface area contributed by atoms with Gasteiger partial charge in [-0.25, -0.2) is 0 Å². The summed E-state index contributed by atoms with van der Waals surface area (Å²) in [5, 5.41) is 2.61. The Balaban J connectivity index is 1.00. The van der Waals surface area contributed by atoms with Crippen LogP contribution in [0.25, 0.3) is 86.9 Å². The van der Waals surface area contributed by atoms with Crippen LogP contribution >= 0.6 is 11.3 Å². The van der Waals surface area contributed by atoms with Crippen molar-refractivity contribution in [2.75, 3.05) is 4.90 Å². The van der Waals surface area contributed by atoms with E-state index in [1.54, 1.807) is 0 Å². The molecule has 86 heavy (non-hydrogen) atoms. The molecule has 0 saturated heterocycles. The van der Waals surface area contributed by atoms with Crippen LogP contribution in [0.4, 0.5) is 17.1 Å². The van der Waals surface area contributed by atoms with Crippen molar-refractivity contribution in [1.82, 2.24) is 0 Å². The fourth-order valence-electron chi connectivity index (χ4n) is 15.6. The summed E-state index contributed by atoms with van der Waals surface area (Å²) < 4.78 is 2.63. The fourth-order valence-corrected chi connectivity index (χ4v) is 16.9. The fraction of sp³-hybridized carbons (Fsp3) is 0.143. The summed E-state index contributed by atoms with van der Waals surface area (Å²) in [7, 11) is 0. The monoisotopic (exact) mass is 1120 g/mol. The van der Waals surface area contributed by atoms with E-state index in [2.05, 4.69) is 306 Å². The Hall–Kier alpha value is -9.34. The molecule has 16 rings (SSSR count). The Kier molecular flexibility index (Phi) is 12.2. The number of thiophene rings is 1. The molecule has 1 fully saturated rings. The van der Waals surface area contributed by atoms with Crippen molar-refractivity contribution in [3.63, 3.8) is 0 Å². The molecule has 13 aromatic rings. The quantitative estimate of drug-likeness (QED) is 0.139. The largest absolute Gasteiger partial charge is 0.310 e. The maximum Gasteiger partial charge on any atom is 0.0720 e. The summed E-state index contributed by atoms with van der Waals surface area (Å²) in [4.78, 5) is 2.58. The molecule has 1 atom stereocenters. The van der Waals surface area contributed by atoms with E-state index in [-0.39, 0.29) is 10.8 Å². The van der Waals surface area contributed by atoms with E-state index in [4.69, 9.17) is 0 Å². The van der Waals surface area contributed by atoms with E-state index < -0.39 is 5.41 Å². The van der Waals surface area contributed by atoms with Crippen molar-refractivity contribution in [1.29, 1.82) is 0 Å². The zero-order valence-corrected chi connectivity index (χ0v) is 50.4. The van der Waals surface area contributed by atoms with Crippen LogP contribution in [0.1, 0.15) is 96.5 Å². The molecule has 0 aliphatic heterocycles.